The van der Waals surface area contributed by atoms with Crippen molar-refractivity contribution in [2.24, 2.45) is 0 Å². The zero-order valence-electron chi connectivity index (χ0n) is 68.0. The van der Waals surface area contributed by atoms with Gasteiger partial charge in [0.05, 0.1) is 85.1 Å². The van der Waals surface area contributed by atoms with E-state index in [1.54, 1.807) is 94.1 Å². The average Bonchev–Trinajstić information content (AvgIpc) is 1.56. The molecular weight excluding hydrogens is 1030 g/mol. The van der Waals surface area contributed by atoms with Crippen molar-refractivity contribution in [3.63, 3.8) is 0 Å². The van der Waals surface area contributed by atoms with Crippen LogP contribution < -0.4 is 0 Å². The van der Waals surface area contributed by atoms with Gasteiger partial charge >= 0.3 is 0 Å². The third kappa shape index (κ3) is 7.23. The number of benzene rings is 12. The van der Waals surface area contributed by atoms with Crippen molar-refractivity contribution in [1.82, 2.24) is 24.1 Å². The third-order valence-electron chi connectivity index (χ3n) is 15.0. The highest BCUT2D eigenvalue weighted by atomic mass is 16.3. The topological polar surface area (TPSA) is 79.2 Å². The van der Waals surface area contributed by atoms with Crippen molar-refractivity contribution in [3.8, 4) is 78.9 Å². The number of aromatic nitrogens is 5. The Balaban J connectivity index is 1.12. The molecule has 84 heavy (non-hydrogen) atoms. The van der Waals surface area contributed by atoms with Crippen LogP contribution in [0.4, 0.5) is 5.69 Å². The average molecular weight is 1100 g/mol. The summed E-state index contributed by atoms with van der Waals surface area (Å²) in [5.74, 6) is -2.17. The molecule has 5 heterocycles. The Kier molecular flexibility index (Phi) is 6.38. The first-order chi connectivity index (χ1) is 52.0. The Morgan fingerprint density at radius 3 is 1.42 bits per heavy atom. The summed E-state index contributed by atoms with van der Waals surface area (Å²) in [6.07, 6.45) is 0. The van der Waals surface area contributed by atoms with E-state index in [4.69, 9.17) is 39.4 Å². The van der Waals surface area contributed by atoms with Crippen molar-refractivity contribution >= 4 is 93.2 Å². The van der Waals surface area contributed by atoms with E-state index in [-0.39, 0.29) is 77.9 Å². The van der Waals surface area contributed by atoms with Crippen molar-refractivity contribution in [1.29, 1.82) is 0 Å². The summed E-state index contributed by atoms with van der Waals surface area (Å²) in [5.41, 5.74) is -1.27. The van der Waals surface area contributed by atoms with E-state index in [2.05, 4.69) is 9.83 Å². The second-order valence-electron chi connectivity index (χ2n) is 19.4. The minimum atomic E-state index is -0.871. The molecule has 17 rings (SSSR count). The molecule has 0 spiro atoms. The van der Waals surface area contributed by atoms with Gasteiger partial charge in [0, 0.05) is 54.6 Å². The number of hydrogen-bond acceptors (Lipinski definition) is 5. The van der Waals surface area contributed by atoms with Crippen LogP contribution in [0.1, 0.15) is 34.3 Å². The molecule has 0 saturated carbocycles. The van der Waals surface area contributed by atoms with Crippen LogP contribution >= 0.6 is 0 Å². The van der Waals surface area contributed by atoms with Crippen LogP contribution in [0.5, 0.6) is 0 Å². The monoisotopic (exact) mass is 1100 g/mol. The highest BCUT2D eigenvalue weighted by Crippen LogP contribution is 2.52. The minimum Gasteiger partial charge on any atom is -0.455 e. The van der Waals surface area contributed by atoms with Gasteiger partial charge in [0.1, 0.15) is 22.3 Å². The third-order valence-corrected chi connectivity index (χ3v) is 15.0. The first-order valence-electron chi connectivity index (χ1n) is 38.5. The van der Waals surface area contributed by atoms with Crippen LogP contribution in [-0.4, -0.2) is 24.1 Å². The lowest BCUT2D eigenvalue weighted by molar-refractivity contribution is 0.672. The summed E-state index contributed by atoms with van der Waals surface area (Å²) >= 11 is 0. The normalized spacial score (nSPS) is 16.0. The highest BCUT2D eigenvalue weighted by molar-refractivity contribution is 6.27. The Hall–Kier alpha value is -11.7. The lowest BCUT2D eigenvalue weighted by atomic mass is 9.93. The molecule has 8 heteroatoms. The van der Waals surface area contributed by atoms with Crippen molar-refractivity contribution < 1.29 is 43.1 Å². The molecular formula is C76H44N6O2. The molecule has 0 amide bonds. The molecule has 5 aromatic heterocycles. The molecule has 0 aliphatic heterocycles. The van der Waals surface area contributed by atoms with E-state index < -0.39 is 191 Å². The molecule has 0 fully saturated rings. The number of rotatable bonds is 8. The molecule has 0 saturated heterocycles. The maximum atomic E-state index is 10.1. The number of para-hydroxylation sites is 2. The lowest BCUT2D eigenvalue weighted by Gasteiger charge is -2.25. The molecule has 17 aromatic rings. The number of nitrogens with zero attached hydrogens (tertiary/aromatic N) is 6. The fourth-order valence-corrected chi connectivity index (χ4v) is 11.6. The van der Waals surface area contributed by atoms with E-state index in [0.717, 1.165) is 5.39 Å². The molecule has 0 bridgehead atoms. The Labute approximate surface area is 516 Å². The van der Waals surface area contributed by atoms with Crippen LogP contribution in [0, 0.1) is 6.57 Å². The van der Waals surface area contributed by atoms with Gasteiger partial charge in [-0.1, -0.05) is 200 Å². The molecule has 0 radical (unpaired) electrons. The molecule has 0 N–H and O–H groups in total. The van der Waals surface area contributed by atoms with E-state index in [1.165, 1.54) is 18.2 Å². The summed E-state index contributed by atoms with van der Waals surface area (Å²) in [5, 5.41) is 3.55. The van der Waals surface area contributed by atoms with E-state index in [0.29, 0.717) is 49.1 Å². The van der Waals surface area contributed by atoms with Gasteiger partial charge in [-0.3, -0.25) is 0 Å². The zero-order chi connectivity index (χ0) is 77.2. The predicted octanol–water partition coefficient (Wildman–Crippen LogP) is 20.4. The summed E-state index contributed by atoms with van der Waals surface area (Å²) in [6, 6.07) is 13.1. The van der Waals surface area contributed by atoms with E-state index in [1.807, 2.05) is 12.1 Å². The van der Waals surface area contributed by atoms with Gasteiger partial charge < -0.3 is 18.0 Å². The van der Waals surface area contributed by atoms with Gasteiger partial charge in [-0.2, -0.15) is 0 Å². The quantitative estimate of drug-likeness (QED) is 0.142. The molecule has 0 aliphatic rings. The van der Waals surface area contributed by atoms with Gasteiger partial charge in [-0.25, -0.2) is 19.8 Å². The molecule has 8 nitrogen and oxygen atoms in total. The van der Waals surface area contributed by atoms with Gasteiger partial charge in [-0.05, 0) is 94.5 Å². The predicted molar refractivity (Wildman–Crippen MR) is 342 cm³/mol. The molecule has 0 aliphatic carbocycles. The number of furan rings is 2. The van der Waals surface area contributed by atoms with Crippen LogP contribution in [0.3, 0.4) is 0 Å². The van der Waals surface area contributed by atoms with Crippen LogP contribution in [-0.2, 0) is 0 Å². The van der Waals surface area contributed by atoms with Crippen molar-refractivity contribution in [3.05, 3.63) is 278 Å². The first-order valence-corrected chi connectivity index (χ1v) is 26.0. The van der Waals surface area contributed by atoms with Crippen LogP contribution in [0.15, 0.2) is 275 Å². The lowest BCUT2D eigenvalue weighted by Crippen LogP contribution is -2.09. The second kappa shape index (κ2) is 18.7. The number of fused-ring (bicyclic) bond motifs is 14. The van der Waals surface area contributed by atoms with E-state index in [9.17, 15) is 20.3 Å². The zero-order valence-corrected chi connectivity index (χ0v) is 43.0. The molecule has 12 aromatic carbocycles. The molecule has 0 atom stereocenters. The first kappa shape index (κ1) is 28.7. The summed E-state index contributed by atoms with van der Waals surface area (Å²) in [7, 11) is 0. The SMILES string of the molecule is [2H]c1c([2H])c([2H])c(-c2ccc3oc4c(ccc5c4c4cc(-c6c([2H])c([2H])c([2H])c([2H])c6[2H])ccc4n5-c4c([N+]#[C-])cc(-c5nc(-c6c([2H])c([2H])c([2H])c([2H])c6[2H])nc(-c6c([2H])c([2H])c([2H])c([2H])c6[2H])n5)c(-c5c([2H])c([2H])c([2H])c([2H])c5[2H])c4-n4c5ccccc5c5c6oc7ccccc7c6ccc54)c3c2)c([2H])c1[2H]. The maximum absolute atomic E-state index is 10.1. The van der Waals surface area contributed by atoms with Crippen LogP contribution in [0.2, 0.25) is 0 Å². The summed E-state index contributed by atoms with van der Waals surface area (Å²) in [6.45, 7) is 9.64. The second-order valence-corrected chi connectivity index (χ2v) is 19.4. The summed E-state index contributed by atoms with van der Waals surface area (Å²) < 4.78 is 243. The maximum Gasteiger partial charge on any atom is 0.213 e. The van der Waals surface area contributed by atoms with E-state index >= 15 is 0 Å². The van der Waals surface area contributed by atoms with Crippen LogP contribution in [0.25, 0.3) is 171 Å². The summed E-state index contributed by atoms with van der Waals surface area (Å²) in [4.78, 5) is 18.6. The fraction of sp³-hybridized carbons (Fsp3) is 0. The minimum absolute atomic E-state index is 0.0952. The largest absolute Gasteiger partial charge is 0.455 e. The Morgan fingerprint density at radius 2 is 0.810 bits per heavy atom. The van der Waals surface area contributed by atoms with Crippen molar-refractivity contribution in [2.45, 2.75) is 0 Å². The van der Waals surface area contributed by atoms with Gasteiger partial charge in [0.15, 0.2) is 17.5 Å². The van der Waals surface area contributed by atoms with Gasteiger partial charge in [0.25, 0.3) is 0 Å². The number of hydrogen-bond donors (Lipinski definition) is 0. The van der Waals surface area contributed by atoms with Gasteiger partial charge in [0.2, 0.25) is 5.69 Å². The molecule has 390 valence electrons. The standard InChI is InChI=1S/C76H44N6O2/c1-77-60-45-59(76-79-74(49-27-13-5-14-28-49)78-75(80-76)50-29-15-6-16-30-50)67(48-25-11-4-12-26-48)71(82-61-33-19-17-32-56(61)68-63(82)40-37-54-53-31-18-20-34-65(53)83-72(54)68)70(60)81-62-39-35-51(46-21-7-2-8-22-46)44-58(62)69-64(81)41-38-55-57-43-52(47-23-9-3-10-24-47)36-42-66(57)84-73(55)69/h2-45H/i2D,3D,4D,5D,6D,7D,8D,9D,10D,11D,12D,13D,14D,15D,16D,21D,22D,23D,24D,25D,26D,27D,28D,29D,30D. The van der Waals surface area contributed by atoms with Gasteiger partial charge in [-0.15, -0.1) is 0 Å². The Morgan fingerprint density at radius 1 is 0.357 bits per heavy atom. The smallest absolute Gasteiger partial charge is 0.213 e. The highest BCUT2D eigenvalue weighted by Gasteiger charge is 2.31. The Bertz CT molecular complexity index is 6930. The van der Waals surface area contributed by atoms with Crippen molar-refractivity contribution in [2.75, 3.05) is 0 Å². The molecule has 0 unspecified atom stereocenters. The fourth-order valence-electron chi connectivity index (χ4n) is 11.6.